The van der Waals surface area contributed by atoms with Gasteiger partial charge in [-0.1, -0.05) is 63.9 Å². The number of carbonyl (C=O) groups is 5. The summed E-state index contributed by atoms with van der Waals surface area (Å²) < 4.78 is 5.69. The summed E-state index contributed by atoms with van der Waals surface area (Å²) in [5, 5.41) is 17.1. The van der Waals surface area contributed by atoms with E-state index in [-0.39, 0.29) is 53.5 Å². The molecule has 1 fully saturated rings. The van der Waals surface area contributed by atoms with Crippen molar-refractivity contribution < 1.29 is 28.4 Å². The number of hydrogen-bond donors (Lipinski definition) is 3. The van der Waals surface area contributed by atoms with E-state index < -0.39 is 35.4 Å². The standard InChI is InChI=1S/C37H50ClN7O6/c1-22(2)29(31(47)35-44-43-34(51-35)24-13-8-7-9-14-24)41-33(49)27-15-12-20-45(27)36(50)30(23(3)4)40-28(46)16-10-11-18-37(5,6)42-32(48)26-21-25(38)17-19-39-26/h8,13-14,17,19,21-23,27,29-30H,7,9-12,15-16,18,20H2,1-6H3,(H,40,46)(H,41,49)(H,42,48)/t27-,29?,30?/m0/s1. The van der Waals surface area contributed by atoms with Crippen LogP contribution in [0.4, 0.5) is 0 Å². The van der Waals surface area contributed by atoms with Gasteiger partial charge >= 0.3 is 0 Å². The number of amides is 4. The van der Waals surface area contributed by atoms with Crippen LogP contribution in [0.25, 0.3) is 5.57 Å². The first-order valence-corrected chi connectivity index (χ1v) is 18.1. The minimum absolute atomic E-state index is 0.186. The Balaban J connectivity index is 1.30. The summed E-state index contributed by atoms with van der Waals surface area (Å²) in [6, 6.07) is 0.549. The number of hydrogen-bond acceptors (Lipinski definition) is 9. The van der Waals surface area contributed by atoms with Crippen LogP contribution in [0.5, 0.6) is 0 Å². The van der Waals surface area contributed by atoms with Crippen molar-refractivity contribution in [1.82, 2.24) is 36.0 Å². The molecule has 0 radical (unpaired) electrons. The van der Waals surface area contributed by atoms with Gasteiger partial charge in [-0.05, 0) is 76.3 Å². The fourth-order valence-corrected chi connectivity index (χ4v) is 6.34. The van der Waals surface area contributed by atoms with Crippen LogP contribution in [0.1, 0.15) is 120 Å². The van der Waals surface area contributed by atoms with Crippen molar-refractivity contribution >= 4 is 46.6 Å². The summed E-state index contributed by atoms with van der Waals surface area (Å²) in [6.07, 6.45) is 12.1. The fourth-order valence-electron chi connectivity index (χ4n) is 6.19. The highest BCUT2D eigenvalue weighted by atomic mass is 35.5. The molecule has 14 heteroatoms. The zero-order valence-electron chi connectivity index (χ0n) is 30.3. The lowest BCUT2D eigenvalue weighted by Gasteiger charge is -2.31. The van der Waals surface area contributed by atoms with E-state index in [2.05, 4.69) is 31.1 Å². The number of nitrogens with zero attached hydrogens (tertiary/aromatic N) is 4. The summed E-state index contributed by atoms with van der Waals surface area (Å²) in [4.78, 5) is 72.1. The minimum Gasteiger partial charge on any atom is -0.414 e. The van der Waals surface area contributed by atoms with E-state index in [1.54, 1.807) is 6.07 Å². The molecule has 0 saturated carbocycles. The Labute approximate surface area is 304 Å². The van der Waals surface area contributed by atoms with Gasteiger partial charge in [0.1, 0.15) is 17.8 Å². The van der Waals surface area contributed by atoms with Crippen molar-refractivity contribution in [2.45, 2.75) is 117 Å². The molecular weight excluding hydrogens is 674 g/mol. The molecule has 2 aromatic heterocycles. The molecule has 3 atom stereocenters. The van der Waals surface area contributed by atoms with Crippen molar-refractivity contribution in [2.75, 3.05) is 6.54 Å². The van der Waals surface area contributed by atoms with Crippen LogP contribution in [-0.4, -0.2) is 79.7 Å². The molecule has 4 amide bonds. The van der Waals surface area contributed by atoms with Gasteiger partial charge in [0.05, 0.1) is 6.04 Å². The van der Waals surface area contributed by atoms with Gasteiger partial charge in [0.25, 0.3) is 11.8 Å². The highest BCUT2D eigenvalue weighted by molar-refractivity contribution is 6.30. The lowest BCUT2D eigenvalue weighted by atomic mass is 9.96. The Bertz CT molecular complexity index is 1650. The second-order valence-corrected chi connectivity index (χ2v) is 15.0. The van der Waals surface area contributed by atoms with Crippen molar-refractivity contribution in [3.8, 4) is 0 Å². The van der Waals surface area contributed by atoms with Crippen LogP contribution in [0.2, 0.25) is 5.02 Å². The highest BCUT2D eigenvalue weighted by Gasteiger charge is 2.40. The quantitative estimate of drug-likeness (QED) is 0.158. The molecule has 2 aliphatic rings. The van der Waals surface area contributed by atoms with Gasteiger partial charge in [-0.15, -0.1) is 10.2 Å². The van der Waals surface area contributed by atoms with Gasteiger partial charge in [-0.25, -0.2) is 0 Å². The van der Waals surface area contributed by atoms with E-state index in [1.165, 1.54) is 17.2 Å². The minimum atomic E-state index is -0.938. The van der Waals surface area contributed by atoms with Crippen molar-refractivity contribution in [2.24, 2.45) is 11.8 Å². The van der Waals surface area contributed by atoms with E-state index in [1.807, 2.05) is 59.8 Å². The smallest absolute Gasteiger partial charge is 0.286 e. The summed E-state index contributed by atoms with van der Waals surface area (Å²) in [7, 11) is 0. The molecule has 0 spiro atoms. The van der Waals surface area contributed by atoms with Crippen molar-refractivity contribution in [3.05, 3.63) is 59.1 Å². The SMILES string of the molecule is CC(C)C(NC(=O)[C@@H]1CCCN1C(=O)C(NC(=O)CCCCC(C)(C)NC(=O)c1cc(Cl)ccn1)C(C)C)C(=O)c1nnc(C2=CCCC=C2)o1. The summed E-state index contributed by atoms with van der Waals surface area (Å²) >= 11 is 5.98. The first kappa shape index (κ1) is 39.4. The number of pyridine rings is 1. The average molecular weight is 724 g/mol. The van der Waals surface area contributed by atoms with Crippen LogP contribution in [-0.2, 0) is 14.4 Å². The third-order valence-electron chi connectivity index (χ3n) is 9.07. The maximum atomic E-state index is 13.8. The largest absolute Gasteiger partial charge is 0.414 e. The van der Waals surface area contributed by atoms with Gasteiger partial charge in [-0.2, -0.15) is 0 Å². The number of carbonyl (C=O) groups excluding carboxylic acids is 5. The predicted octanol–water partition coefficient (Wildman–Crippen LogP) is 5.08. The van der Waals surface area contributed by atoms with Crippen LogP contribution >= 0.6 is 11.6 Å². The van der Waals surface area contributed by atoms with Crippen LogP contribution < -0.4 is 16.0 Å². The third-order valence-corrected chi connectivity index (χ3v) is 9.31. The zero-order valence-corrected chi connectivity index (χ0v) is 31.1. The van der Waals surface area contributed by atoms with Gasteiger partial charge < -0.3 is 25.3 Å². The number of nitrogens with one attached hydrogen (secondary N) is 3. The van der Waals surface area contributed by atoms with E-state index in [4.69, 9.17) is 16.0 Å². The predicted molar refractivity (Wildman–Crippen MR) is 193 cm³/mol. The van der Waals surface area contributed by atoms with Gasteiger partial charge in [0, 0.05) is 35.3 Å². The summed E-state index contributed by atoms with van der Waals surface area (Å²) in [6.45, 7) is 11.5. The number of halogens is 1. The highest BCUT2D eigenvalue weighted by Crippen LogP contribution is 2.24. The molecule has 0 aromatic carbocycles. The monoisotopic (exact) mass is 723 g/mol. The zero-order chi connectivity index (χ0) is 37.3. The Morgan fingerprint density at radius 1 is 1.02 bits per heavy atom. The van der Waals surface area contributed by atoms with Crippen molar-refractivity contribution in [1.29, 1.82) is 0 Å². The third kappa shape index (κ3) is 10.8. The first-order valence-electron chi connectivity index (χ1n) is 17.8. The maximum Gasteiger partial charge on any atom is 0.286 e. The fraction of sp³-hybridized carbons (Fsp3) is 0.568. The Morgan fingerprint density at radius 3 is 2.43 bits per heavy atom. The molecule has 276 valence electrons. The molecule has 1 aliphatic heterocycles. The van der Waals surface area contributed by atoms with Crippen LogP contribution in [0.15, 0.2) is 41.0 Å². The molecular formula is C37H50ClN7O6. The lowest BCUT2D eigenvalue weighted by Crippen LogP contribution is -2.57. The van der Waals surface area contributed by atoms with E-state index in [0.29, 0.717) is 43.7 Å². The molecule has 2 unspecified atom stereocenters. The Morgan fingerprint density at radius 2 is 1.76 bits per heavy atom. The Kier molecular flexibility index (Phi) is 13.7. The average Bonchev–Trinajstić information content (AvgIpc) is 3.79. The second kappa shape index (κ2) is 17.7. The molecule has 1 saturated heterocycles. The van der Waals surface area contributed by atoms with Gasteiger partial charge in [0.15, 0.2) is 0 Å². The van der Waals surface area contributed by atoms with Crippen molar-refractivity contribution in [3.63, 3.8) is 0 Å². The topological polar surface area (TPSA) is 176 Å². The number of allylic oxidation sites excluding steroid dienone is 4. The molecule has 51 heavy (non-hydrogen) atoms. The van der Waals surface area contributed by atoms with Crippen LogP contribution in [0, 0.1) is 11.8 Å². The number of aromatic nitrogens is 3. The molecule has 1 aliphatic carbocycles. The van der Waals surface area contributed by atoms with Gasteiger partial charge in [0.2, 0.25) is 29.4 Å². The molecule has 3 N–H and O–H groups in total. The molecule has 13 nitrogen and oxygen atoms in total. The first-order chi connectivity index (χ1) is 24.2. The number of ketones is 1. The van der Waals surface area contributed by atoms with E-state index in [9.17, 15) is 24.0 Å². The van der Waals surface area contributed by atoms with E-state index >= 15 is 0 Å². The number of unbranched alkanes of at least 4 members (excludes halogenated alkanes) is 1. The summed E-state index contributed by atoms with van der Waals surface area (Å²) in [5.74, 6) is -2.33. The number of rotatable bonds is 16. The molecule has 2 aromatic rings. The number of Topliss-reactive ketones (excluding diaryl/α,β-unsaturated/α-hetero) is 1. The van der Waals surface area contributed by atoms with Gasteiger partial charge in [-0.3, -0.25) is 29.0 Å². The summed E-state index contributed by atoms with van der Waals surface area (Å²) in [5.41, 5.74) is 0.438. The van der Waals surface area contributed by atoms with Crippen LogP contribution in [0.3, 0.4) is 0 Å². The molecule has 0 bridgehead atoms. The lowest BCUT2D eigenvalue weighted by molar-refractivity contribution is -0.142. The van der Waals surface area contributed by atoms with E-state index in [0.717, 1.165) is 18.4 Å². The normalized spacial score (nSPS) is 17.2. The number of likely N-dealkylation sites (tertiary alicyclic amines) is 1. The molecule has 4 rings (SSSR count). The second-order valence-electron chi connectivity index (χ2n) is 14.5. The maximum absolute atomic E-state index is 13.8. The molecule has 3 heterocycles. The Hall–Kier alpha value is -4.39.